The van der Waals surface area contributed by atoms with Crippen LogP contribution in [0.5, 0.6) is 0 Å². The Bertz CT molecular complexity index is 787. The lowest BCUT2D eigenvalue weighted by molar-refractivity contribution is -0.384. The minimum atomic E-state index is -0.792. The third kappa shape index (κ3) is 3.06. The highest BCUT2D eigenvalue weighted by molar-refractivity contribution is 5.64. The first kappa shape index (κ1) is 14.8. The Morgan fingerprint density at radius 3 is 2.35 bits per heavy atom. The van der Waals surface area contributed by atoms with Crippen molar-refractivity contribution in [2.45, 2.75) is 6.17 Å². The van der Waals surface area contributed by atoms with E-state index in [0.717, 1.165) is 5.06 Å². The van der Waals surface area contributed by atoms with Crippen LogP contribution in [0.2, 0.25) is 0 Å². The molecule has 0 amide bonds. The lowest BCUT2D eigenvalue weighted by Gasteiger charge is -2.24. The molecule has 116 valence electrons. The average Bonchev–Trinajstić information content (AvgIpc) is 2.55. The van der Waals surface area contributed by atoms with E-state index in [0.29, 0.717) is 16.8 Å². The summed E-state index contributed by atoms with van der Waals surface area (Å²) in [6.45, 7) is 0. The van der Waals surface area contributed by atoms with E-state index in [-0.39, 0.29) is 11.5 Å². The zero-order valence-electron chi connectivity index (χ0n) is 11.7. The van der Waals surface area contributed by atoms with Crippen molar-refractivity contribution in [3.63, 3.8) is 0 Å². The molecule has 2 aromatic rings. The van der Waals surface area contributed by atoms with Crippen molar-refractivity contribution in [2.24, 2.45) is 10.2 Å². The largest absolute Gasteiger partial charge is 0.286 e. The molecule has 1 atom stereocenters. The fourth-order valence-electron chi connectivity index (χ4n) is 2.13. The fraction of sp³-hybridized carbons (Fsp3) is 0.0667. The Hall–Kier alpha value is -3.13. The van der Waals surface area contributed by atoms with E-state index in [4.69, 9.17) is 0 Å². The van der Waals surface area contributed by atoms with Gasteiger partial charge in [0.05, 0.1) is 11.1 Å². The Morgan fingerprint density at radius 2 is 1.78 bits per heavy atom. The van der Waals surface area contributed by atoms with Crippen molar-refractivity contribution >= 4 is 11.4 Å². The maximum Gasteiger partial charge on any atom is 0.269 e. The highest BCUT2D eigenvalue weighted by atomic mass is 19.1. The Labute approximate surface area is 130 Å². The highest BCUT2D eigenvalue weighted by Crippen LogP contribution is 2.31. The molecule has 0 radical (unpaired) electrons. The summed E-state index contributed by atoms with van der Waals surface area (Å²) in [6, 6.07) is 11.3. The van der Waals surface area contributed by atoms with Crippen molar-refractivity contribution in [1.82, 2.24) is 5.06 Å². The topological polar surface area (TPSA) is 91.3 Å². The molecule has 1 heterocycles. The Kier molecular flexibility index (Phi) is 3.82. The number of nitrogens with zero attached hydrogens (tertiary/aromatic N) is 4. The molecule has 0 aromatic heterocycles. The molecule has 8 heteroatoms. The summed E-state index contributed by atoms with van der Waals surface area (Å²) >= 11 is 0. The zero-order chi connectivity index (χ0) is 16.4. The van der Waals surface area contributed by atoms with Gasteiger partial charge in [-0.2, -0.15) is 10.2 Å². The van der Waals surface area contributed by atoms with Crippen LogP contribution in [0.1, 0.15) is 17.3 Å². The SMILES string of the molecule is O=[N+]([O-])c1ccc([C@H]2N=NC(c3ccc(F)cc3)=CN2O)cc1. The summed E-state index contributed by atoms with van der Waals surface area (Å²) in [7, 11) is 0. The molecular weight excluding hydrogens is 303 g/mol. The van der Waals surface area contributed by atoms with Crippen molar-refractivity contribution in [3.8, 4) is 0 Å². The standard InChI is InChI=1S/C15H11FN4O3/c16-12-5-1-10(2-6-12)14-9-19(21)15(18-17-14)11-3-7-13(8-4-11)20(22)23/h1-9,15,21H/t15-/m0/s1. The van der Waals surface area contributed by atoms with Crippen LogP contribution >= 0.6 is 0 Å². The fourth-order valence-corrected chi connectivity index (χ4v) is 2.13. The van der Waals surface area contributed by atoms with Gasteiger partial charge in [0, 0.05) is 23.3 Å². The normalized spacial score (nSPS) is 17.0. The van der Waals surface area contributed by atoms with Crippen LogP contribution in [0.3, 0.4) is 0 Å². The second kappa shape index (κ2) is 5.93. The van der Waals surface area contributed by atoms with Gasteiger partial charge in [-0.05, 0) is 36.4 Å². The first-order chi connectivity index (χ1) is 11.0. The van der Waals surface area contributed by atoms with Gasteiger partial charge >= 0.3 is 0 Å². The summed E-state index contributed by atoms with van der Waals surface area (Å²) < 4.78 is 12.9. The van der Waals surface area contributed by atoms with Gasteiger partial charge < -0.3 is 0 Å². The van der Waals surface area contributed by atoms with Crippen molar-refractivity contribution in [2.75, 3.05) is 0 Å². The van der Waals surface area contributed by atoms with Crippen LogP contribution in [0, 0.1) is 15.9 Å². The average molecular weight is 314 g/mol. The number of azo groups is 1. The summed E-state index contributed by atoms with van der Waals surface area (Å²) in [6.07, 6.45) is 0.576. The molecule has 0 saturated carbocycles. The molecule has 0 spiro atoms. The van der Waals surface area contributed by atoms with Gasteiger partial charge in [-0.3, -0.25) is 15.3 Å². The second-order valence-corrected chi connectivity index (χ2v) is 4.84. The number of rotatable bonds is 3. The maximum atomic E-state index is 12.9. The van der Waals surface area contributed by atoms with Crippen LogP contribution in [-0.2, 0) is 0 Å². The molecule has 1 aliphatic rings. The summed E-state index contributed by atoms with van der Waals surface area (Å²) in [5.74, 6) is -0.369. The number of hydroxylamine groups is 2. The molecule has 0 aliphatic carbocycles. The van der Waals surface area contributed by atoms with Gasteiger partial charge in [-0.1, -0.05) is 0 Å². The van der Waals surface area contributed by atoms with Gasteiger partial charge in [-0.15, -0.1) is 0 Å². The number of nitro benzene ring substituents is 1. The van der Waals surface area contributed by atoms with Gasteiger partial charge in [0.1, 0.15) is 11.5 Å². The Morgan fingerprint density at radius 1 is 1.13 bits per heavy atom. The van der Waals surface area contributed by atoms with Crippen molar-refractivity contribution < 1.29 is 14.5 Å². The molecule has 1 N–H and O–H groups in total. The number of non-ortho nitro benzene ring substituents is 1. The van der Waals surface area contributed by atoms with Crippen LogP contribution in [0.4, 0.5) is 10.1 Å². The third-order valence-electron chi connectivity index (χ3n) is 3.32. The molecule has 0 bridgehead atoms. The van der Waals surface area contributed by atoms with Crippen LogP contribution in [0.25, 0.3) is 5.70 Å². The molecule has 23 heavy (non-hydrogen) atoms. The number of hydrogen-bond acceptors (Lipinski definition) is 6. The number of benzene rings is 2. The molecular formula is C15H11FN4O3. The summed E-state index contributed by atoms with van der Waals surface area (Å²) in [5.41, 5.74) is 1.49. The van der Waals surface area contributed by atoms with Gasteiger partial charge in [0.25, 0.3) is 5.69 Å². The molecule has 0 unspecified atom stereocenters. The van der Waals surface area contributed by atoms with Crippen LogP contribution in [-0.4, -0.2) is 15.2 Å². The lowest BCUT2D eigenvalue weighted by atomic mass is 10.1. The summed E-state index contributed by atoms with van der Waals surface area (Å²) in [4.78, 5) is 10.1. The number of nitro groups is 1. The van der Waals surface area contributed by atoms with Gasteiger partial charge in [0.15, 0.2) is 6.17 Å². The van der Waals surface area contributed by atoms with Crippen molar-refractivity contribution in [3.05, 3.63) is 81.8 Å². The van der Waals surface area contributed by atoms with Crippen molar-refractivity contribution in [1.29, 1.82) is 0 Å². The third-order valence-corrected chi connectivity index (χ3v) is 3.32. The Balaban J connectivity index is 1.82. The second-order valence-electron chi connectivity index (χ2n) is 4.84. The number of hydrogen-bond donors (Lipinski definition) is 1. The van der Waals surface area contributed by atoms with Gasteiger partial charge in [-0.25, -0.2) is 9.45 Å². The summed E-state index contributed by atoms with van der Waals surface area (Å²) in [5, 5.41) is 29.6. The molecule has 0 fully saturated rings. The smallest absolute Gasteiger partial charge is 0.269 e. The zero-order valence-corrected chi connectivity index (χ0v) is 11.7. The predicted molar refractivity (Wildman–Crippen MR) is 78.7 cm³/mol. The molecule has 7 nitrogen and oxygen atoms in total. The molecule has 3 rings (SSSR count). The minimum Gasteiger partial charge on any atom is -0.286 e. The van der Waals surface area contributed by atoms with E-state index in [2.05, 4.69) is 10.2 Å². The van der Waals surface area contributed by atoms with E-state index in [1.807, 2.05) is 0 Å². The van der Waals surface area contributed by atoms with E-state index in [1.165, 1.54) is 54.7 Å². The van der Waals surface area contributed by atoms with E-state index >= 15 is 0 Å². The minimum absolute atomic E-state index is 0.0477. The first-order valence-corrected chi connectivity index (χ1v) is 6.65. The molecule has 0 saturated heterocycles. The van der Waals surface area contributed by atoms with Crippen LogP contribution < -0.4 is 0 Å². The predicted octanol–water partition coefficient (Wildman–Crippen LogP) is 3.89. The number of halogens is 1. The van der Waals surface area contributed by atoms with E-state index in [1.54, 1.807) is 0 Å². The lowest BCUT2D eigenvalue weighted by Crippen LogP contribution is -2.20. The van der Waals surface area contributed by atoms with Gasteiger partial charge in [0.2, 0.25) is 0 Å². The highest BCUT2D eigenvalue weighted by Gasteiger charge is 2.21. The first-order valence-electron chi connectivity index (χ1n) is 6.65. The quantitative estimate of drug-likeness (QED) is 0.687. The van der Waals surface area contributed by atoms with Crippen LogP contribution in [0.15, 0.2) is 65.0 Å². The van der Waals surface area contributed by atoms with E-state index < -0.39 is 11.1 Å². The molecule has 1 aliphatic heterocycles. The van der Waals surface area contributed by atoms with E-state index in [9.17, 15) is 19.7 Å². The monoisotopic (exact) mass is 314 g/mol. The maximum absolute atomic E-state index is 12.9. The molecule has 2 aromatic carbocycles.